The minimum Gasteiger partial charge on any atom is -0.481 e. The Bertz CT molecular complexity index is 1630. The number of carboxylic acids is 1. The van der Waals surface area contributed by atoms with Crippen LogP contribution in [-0.2, 0) is 27.8 Å². The van der Waals surface area contributed by atoms with E-state index in [-0.39, 0.29) is 17.9 Å². The smallest absolute Gasteiger partial charge is 0.322 e. The van der Waals surface area contributed by atoms with Gasteiger partial charge in [0.1, 0.15) is 18.4 Å². The van der Waals surface area contributed by atoms with Crippen molar-refractivity contribution in [3.8, 4) is 17.6 Å². The Morgan fingerprint density at radius 2 is 1.71 bits per heavy atom. The van der Waals surface area contributed by atoms with Crippen molar-refractivity contribution in [3.05, 3.63) is 95.2 Å². The van der Waals surface area contributed by atoms with Crippen LogP contribution in [0.2, 0.25) is 0 Å². The zero-order chi connectivity index (χ0) is 27.3. The highest BCUT2D eigenvalue weighted by Gasteiger charge is 2.28. The van der Waals surface area contributed by atoms with E-state index in [2.05, 4.69) is 40.2 Å². The lowest BCUT2D eigenvalue weighted by Crippen LogP contribution is -2.42. The molecule has 3 aromatic carbocycles. The Hall–Kier alpha value is -4.06. The molecule has 0 aliphatic carbocycles. The molecule has 0 aliphatic heterocycles. The predicted octanol–water partition coefficient (Wildman–Crippen LogP) is 4.68. The van der Waals surface area contributed by atoms with Gasteiger partial charge < -0.3 is 14.4 Å². The van der Waals surface area contributed by atoms with Crippen molar-refractivity contribution in [2.45, 2.75) is 44.7 Å². The summed E-state index contributed by atoms with van der Waals surface area (Å²) in [7, 11) is -4.10. The summed E-state index contributed by atoms with van der Waals surface area (Å²) in [5, 5.41) is 10.9. The minimum atomic E-state index is -4.10. The average molecular weight is 531 g/mol. The maximum atomic E-state index is 13.1. The second-order valence-corrected chi connectivity index (χ2v) is 10.7. The van der Waals surface area contributed by atoms with Crippen molar-refractivity contribution in [2.24, 2.45) is 0 Å². The molecule has 0 aliphatic rings. The Morgan fingerprint density at radius 1 is 1.03 bits per heavy atom. The van der Waals surface area contributed by atoms with Gasteiger partial charge in [0.25, 0.3) is 0 Å². The number of benzene rings is 3. The number of carbonyl (C=O) groups is 1. The number of carboxylic acid groups (broad SMARTS) is 1. The van der Waals surface area contributed by atoms with Crippen molar-refractivity contribution in [2.75, 3.05) is 6.61 Å². The minimum absolute atomic E-state index is 0.00142. The molecule has 0 spiro atoms. The van der Waals surface area contributed by atoms with Gasteiger partial charge in [0.05, 0.1) is 4.90 Å². The topological polar surface area (TPSA) is 97.6 Å². The summed E-state index contributed by atoms with van der Waals surface area (Å²) in [6.45, 7) is 6.53. The molecule has 0 unspecified atom stereocenters. The molecular weight excluding hydrogens is 500 g/mol. The number of nitrogens with one attached hydrogen (secondary N) is 1. The van der Waals surface area contributed by atoms with E-state index in [0.717, 1.165) is 33.3 Å². The maximum Gasteiger partial charge on any atom is 0.322 e. The number of aromatic nitrogens is 1. The number of para-hydroxylation sites is 1. The van der Waals surface area contributed by atoms with Crippen LogP contribution in [0.4, 0.5) is 0 Å². The quantitative estimate of drug-likeness (QED) is 0.290. The number of fused-ring (bicyclic) bond motifs is 1. The van der Waals surface area contributed by atoms with Gasteiger partial charge in [-0.2, -0.15) is 4.72 Å². The van der Waals surface area contributed by atoms with Crippen LogP contribution in [0.25, 0.3) is 10.9 Å². The van der Waals surface area contributed by atoms with Gasteiger partial charge in [-0.05, 0) is 67.8 Å². The summed E-state index contributed by atoms with van der Waals surface area (Å²) in [6, 6.07) is 20.4. The Balaban J connectivity index is 1.62. The molecule has 4 aromatic rings. The van der Waals surface area contributed by atoms with Gasteiger partial charge in [0.2, 0.25) is 10.0 Å². The average Bonchev–Trinajstić information content (AvgIpc) is 3.16. The SMILES string of the molecule is CC#CCOc1ccc(S(=O)(=O)N[C@@H](Cc2c(C)n(Cc3ccccc3C)c3ccccc23)C(=O)O)cc1. The molecule has 7 nitrogen and oxygen atoms in total. The van der Waals surface area contributed by atoms with E-state index in [1.807, 2.05) is 43.3 Å². The standard InChI is InChI=1S/C30H30N2O5S/c1-4-5-18-37-24-14-16-25(17-15-24)38(35,36)31-28(30(33)34)19-27-22(3)32(29-13-9-8-12-26(27)29)20-23-11-7-6-10-21(23)2/h6-17,28,31H,18-20H2,1-3H3,(H,33,34)/t28-/m0/s1. The van der Waals surface area contributed by atoms with Crippen LogP contribution in [0.15, 0.2) is 77.7 Å². The molecule has 8 heteroatoms. The molecule has 4 rings (SSSR count). The maximum absolute atomic E-state index is 13.1. The fraction of sp³-hybridized carbons (Fsp3) is 0.233. The van der Waals surface area contributed by atoms with Gasteiger partial charge in [0, 0.05) is 29.6 Å². The highest BCUT2D eigenvalue weighted by atomic mass is 32.2. The molecule has 2 N–H and O–H groups in total. The number of ether oxygens (including phenoxy) is 1. The number of hydrogen-bond acceptors (Lipinski definition) is 4. The summed E-state index contributed by atoms with van der Waals surface area (Å²) in [5.41, 5.74) is 4.99. The van der Waals surface area contributed by atoms with Crippen LogP contribution in [0.3, 0.4) is 0 Å². The second kappa shape index (κ2) is 11.5. The molecule has 1 aromatic heterocycles. The van der Waals surface area contributed by atoms with Gasteiger partial charge in [-0.1, -0.05) is 48.4 Å². The third kappa shape index (κ3) is 5.91. The molecule has 1 atom stereocenters. The molecule has 0 saturated heterocycles. The van der Waals surface area contributed by atoms with Crippen LogP contribution in [-0.4, -0.2) is 36.7 Å². The highest BCUT2D eigenvalue weighted by molar-refractivity contribution is 7.89. The van der Waals surface area contributed by atoms with Crippen molar-refractivity contribution in [1.82, 2.24) is 9.29 Å². The van der Waals surface area contributed by atoms with E-state index in [4.69, 9.17) is 4.74 Å². The largest absolute Gasteiger partial charge is 0.481 e. The Labute approximate surface area is 223 Å². The van der Waals surface area contributed by atoms with Gasteiger partial charge in [-0.3, -0.25) is 4.79 Å². The number of aryl methyl sites for hydroxylation is 1. The van der Waals surface area contributed by atoms with Crippen molar-refractivity contribution < 1.29 is 23.1 Å². The molecule has 38 heavy (non-hydrogen) atoms. The summed E-state index contributed by atoms with van der Waals surface area (Å²) >= 11 is 0. The fourth-order valence-electron chi connectivity index (χ4n) is 4.47. The third-order valence-electron chi connectivity index (χ3n) is 6.58. The van der Waals surface area contributed by atoms with Crippen LogP contribution >= 0.6 is 0 Å². The molecule has 196 valence electrons. The number of hydrogen-bond donors (Lipinski definition) is 2. The first-order chi connectivity index (χ1) is 18.2. The molecule has 0 bridgehead atoms. The molecular formula is C30H30N2O5S. The molecule has 0 radical (unpaired) electrons. The van der Waals surface area contributed by atoms with Crippen LogP contribution in [0.1, 0.15) is 29.3 Å². The number of sulfonamides is 1. The van der Waals surface area contributed by atoms with E-state index in [1.54, 1.807) is 6.92 Å². The first-order valence-electron chi connectivity index (χ1n) is 12.2. The Morgan fingerprint density at radius 3 is 2.39 bits per heavy atom. The van der Waals surface area contributed by atoms with Crippen LogP contribution in [0.5, 0.6) is 5.75 Å². The zero-order valence-electron chi connectivity index (χ0n) is 21.6. The van der Waals surface area contributed by atoms with Gasteiger partial charge in [-0.15, -0.1) is 5.92 Å². The molecule has 0 fully saturated rings. The number of rotatable bonds is 10. The molecule has 0 amide bonds. The van der Waals surface area contributed by atoms with E-state index in [1.165, 1.54) is 24.3 Å². The number of aliphatic carboxylic acids is 1. The first kappa shape index (κ1) is 27.0. The lowest BCUT2D eigenvalue weighted by molar-refractivity contribution is -0.138. The van der Waals surface area contributed by atoms with Gasteiger partial charge >= 0.3 is 5.97 Å². The monoisotopic (exact) mass is 530 g/mol. The molecule has 1 heterocycles. The van der Waals surface area contributed by atoms with E-state index in [0.29, 0.717) is 12.3 Å². The first-order valence-corrected chi connectivity index (χ1v) is 13.7. The van der Waals surface area contributed by atoms with Crippen LogP contribution in [0, 0.1) is 25.7 Å². The van der Waals surface area contributed by atoms with E-state index in [9.17, 15) is 18.3 Å². The van der Waals surface area contributed by atoms with Crippen molar-refractivity contribution in [3.63, 3.8) is 0 Å². The lowest BCUT2D eigenvalue weighted by atomic mass is 10.0. The normalized spacial score (nSPS) is 12.1. The van der Waals surface area contributed by atoms with E-state index < -0.39 is 22.0 Å². The summed E-state index contributed by atoms with van der Waals surface area (Å²) in [5.74, 6) is 4.71. The lowest BCUT2D eigenvalue weighted by Gasteiger charge is -2.16. The van der Waals surface area contributed by atoms with Crippen molar-refractivity contribution in [1.29, 1.82) is 0 Å². The molecule has 0 saturated carbocycles. The van der Waals surface area contributed by atoms with Gasteiger partial charge in [0.15, 0.2) is 0 Å². The van der Waals surface area contributed by atoms with Gasteiger partial charge in [-0.25, -0.2) is 8.42 Å². The summed E-state index contributed by atoms with van der Waals surface area (Å²) in [6.07, 6.45) is -0.00142. The summed E-state index contributed by atoms with van der Waals surface area (Å²) in [4.78, 5) is 12.2. The third-order valence-corrected chi connectivity index (χ3v) is 8.06. The Kier molecular flexibility index (Phi) is 8.20. The second-order valence-electron chi connectivity index (χ2n) is 9.00. The number of nitrogens with zero attached hydrogens (tertiary/aromatic N) is 1. The van der Waals surface area contributed by atoms with E-state index >= 15 is 0 Å². The highest BCUT2D eigenvalue weighted by Crippen LogP contribution is 2.29. The predicted molar refractivity (Wildman–Crippen MR) is 148 cm³/mol. The van der Waals surface area contributed by atoms with Crippen molar-refractivity contribution >= 4 is 26.9 Å². The zero-order valence-corrected chi connectivity index (χ0v) is 22.4. The summed E-state index contributed by atoms with van der Waals surface area (Å²) < 4.78 is 36.2. The fourth-order valence-corrected chi connectivity index (χ4v) is 5.66. The van der Waals surface area contributed by atoms with Crippen LogP contribution < -0.4 is 9.46 Å².